The highest BCUT2D eigenvalue weighted by Crippen LogP contribution is 2.33. The molecule has 18 heavy (non-hydrogen) atoms. The smallest absolute Gasteiger partial charge is 0.306 e. The van der Waals surface area contributed by atoms with E-state index in [9.17, 15) is 9.59 Å². The van der Waals surface area contributed by atoms with Crippen LogP contribution >= 0.6 is 11.6 Å². The van der Waals surface area contributed by atoms with Gasteiger partial charge in [0.15, 0.2) is 5.78 Å². The van der Waals surface area contributed by atoms with Crippen molar-refractivity contribution in [3.05, 3.63) is 28.8 Å². The van der Waals surface area contributed by atoms with Crippen LogP contribution in [0.2, 0.25) is 5.02 Å². The Bertz CT molecular complexity index is 495. The molecule has 0 spiro atoms. The number of anilines is 1. The van der Waals surface area contributed by atoms with Gasteiger partial charge in [0.2, 0.25) is 0 Å². The number of aliphatic carboxylic acids is 1. The van der Waals surface area contributed by atoms with Crippen LogP contribution in [0.15, 0.2) is 18.2 Å². The van der Waals surface area contributed by atoms with E-state index >= 15 is 0 Å². The first-order chi connectivity index (χ1) is 8.49. The number of rotatable bonds is 4. The quantitative estimate of drug-likeness (QED) is 0.823. The summed E-state index contributed by atoms with van der Waals surface area (Å²) in [5.41, 5.74) is 1.15. The average Bonchev–Trinajstić information content (AvgIpc) is 2.21. The molecule has 1 aromatic rings. The van der Waals surface area contributed by atoms with Crippen molar-refractivity contribution in [2.75, 3.05) is 5.32 Å². The zero-order valence-corrected chi connectivity index (χ0v) is 10.7. The monoisotopic (exact) mass is 267 g/mol. The van der Waals surface area contributed by atoms with Crippen molar-refractivity contribution in [3.8, 4) is 0 Å². The van der Waals surface area contributed by atoms with E-state index in [4.69, 9.17) is 16.7 Å². The van der Waals surface area contributed by atoms with E-state index in [2.05, 4.69) is 5.32 Å². The summed E-state index contributed by atoms with van der Waals surface area (Å²) in [6, 6.07) is 5.33. The molecule has 1 aromatic carbocycles. The molecular weight excluding hydrogens is 254 g/mol. The number of nitrogens with one attached hydrogen (secondary N) is 1. The Hall–Kier alpha value is -1.55. The SMILES string of the molecule is CC(=O)c1c(Cl)cccc1NC1CC(C(=O)O)C1. The number of hydrogen-bond donors (Lipinski definition) is 2. The largest absolute Gasteiger partial charge is 0.481 e. The molecule has 0 unspecified atom stereocenters. The van der Waals surface area contributed by atoms with E-state index in [0.29, 0.717) is 29.1 Å². The van der Waals surface area contributed by atoms with E-state index < -0.39 is 5.97 Å². The van der Waals surface area contributed by atoms with Gasteiger partial charge in [0.05, 0.1) is 16.5 Å². The minimum Gasteiger partial charge on any atom is -0.481 e. The number of halogens is 1. The molecule has 1 aliphatic carbocycles. The van der Waals surface area contributed by atoms with Gasteiger partial charge in [-0.05, 0) is 31.9 Å². The maximum absolute atomic E-state index is 11.5. The second-order valence-corrected chi connectivity index (χ2v) is 4.97. The van der Waals surface area contributed by atoms with Crippen LogP contribution in [-0.4, -0.2) is 22.9 Å². The Morgan fingerprint density at radius 2 is 2.06 bits per heavy atom. The van der Waals surface area contributed by atoms with Gasteiger partial charge in [0.25, 0.3) is 0 Å². The van der Waals surface area contributed by atoms with Crippen LogP contribution in [0.4, 0.5) is 5.69 Å². The summed E-state index contributed by atoms with van der Waals surface area (Å²) < 4.78 is 0. The van der Waals surface area contributed by atoms with E-state index in [1.165, 1.54) is 6.92 Å². The number of hydrogen-bond acceptors (Lipinski definition) is 3. The molecule has 0 aromatic heterocycles. The standard InChI is InChI=1S/C13H14ClNO3/c1-7(16)12-10(14)3-2-4-11(12)15-9-5-8(6-9)13(17)18/h2-4,8-9,15H,5-6H2,1H3,(H,17,18). The molecule has 0 atom stereocenters. The van der Waals surface area contributed by atoms with Gasteiger partial charge < -0.3 is 10.4 Å². The highest BCUT2D eigenvalue weighted by atomic mass is 35.5. The predicted molar refractivity (Wildman–Crippen MR) is 69.2 cm³/mol. The second kappa shape index (κ2) is 4.98. The summed E-state index contributed by atoms with van der Waals surface area (Å²) in [5.74, 6) is -1.13. The van der Waals surface area contributed by atoms with Crippen molar-refractivity contribution in [3.63, 3.8) is 0 Å². The molecule has 0 radical (unpaired) electrons. The lowest BCUT2D eigenvalue weighted by molar-refractivity contribution is -0.144. The lowest BCUT2D eigenvalue weighted by atomic mass is 9.80. The van der Waals surface area contributed by atoms with E-state index in [0.717, 1.165) is 0 Å². The number of carbonyl (C=O) groups excluding carboxylic acids is 1. The fourth-order valence-electron chi connectivity index (χ4n) is 2.16. The minimum absolute atomic E-state index is 0.0997. The molecule has 0 aliphatic heterocycles. The van der Waals surface area contributed by atoms with Gasteiger partial charge in [-0.1, -0.05) is 17.7 Å². The van der Waals surface area contributed by atoms with E-state index in [1.807, 2.05) is 0 Å². The molecule has 1 saturated carbocycles. The zero-order valence-electron chi connectivity index (χ0n) is 9.94. The molecular formula is C13H14ClNO3. The Morgan fingerprint density at radius 1 is 1.39 bits per heavy atom. The molecule has 0 heterocycles. The zero-order chi connectivity index (χ0) is 13.3. The molecule has 96 valence electrons. The fourth-order valence-corrected chi connectivity index (χ4v) is 2.47. The first kappa shape index (κ1) is 12.9. The Labute approximate surface area is 110 Å². The summed E-state index contributed by atoms with van der Waals surface area (Å²) in [6.07, 6.45) is 1.17. The lowest BCUT2D eigenvalue weighted by Gasteiger charge is -2.34. The molecule has 1 fully saturated rings. The molecule has 0 bridgehead atoms. The van der Waals surface area contributed by atoms with Gasteiger partial charge in [0.1, 0.15) is 0 Å². The number of carboxylic acid groups (broad SMARTS) is 1. The Morgan fingerprint density at radius 3 is 2.61 bits per heavy atom. The van der Waals surface area contributed by atoms with Crippen LogP contribution in [0.3, 0.4) is 0 Å². The van der Waals surface area contributed by atoms with Crippen LogP contribution in [0.5, 0.6) is 0 Å². The van der Waals surface area contributed by atoms with Crippen LogP contribution in [0, 0.1) is 5.92 Å². The summed E-state index contributed by atoms with van der Waals surface area (Å²) >= 11 is 5.99. The van der Waals surface area contributed by atoms with Crippen LogP contribution in [0.25, 0.3) is 0 Å². The highest BCUT2D eigenvalue weighted by molar-refractivity contribution is 6.34. The highest BCUT2D eigenvalue weighted by Gasteiger charge is 2.34. The number of Topliss-reactive ketones (excluding diaryl/α,β-unsaturated/α-hetero) is 1. The van der Waals surface area contributed by atoms with Crippen molar-refractivity contribution in [1.82, 2.24) is 0 Å². The van der Waals surface area contributed by atoms with Crippen molar-refractivity contribution < 1.29 is 14.7 Å². The minimum atomic E-state index is -0.758. The maximum Gasteiger partial charge on any atom is 0.306 e. The third-order valence-electron chi connectivity index (χ3n) is 3.21. The lowest BCUT2D eigenvalue weighted by Crippen LogP contribution is -2.39. The number of benzene rings is 1. The average molecular weight is 268 g/mol. The summed E-state index contributed by atoms with van der Waals surface area (Å²) in [4.78, 5) is 22.2. The van der Waals surface area contributed by atoms with Crippen molar-refractivity contribution >= 4 is 29.0 Å². The van der Waals surface area contributed by atoms with Gasteiger partial charge in [0, 0.05) is 11.7 Å². The first-order valence-electron chi connectivity index (χ1n) is 5.78. The fraction of sp³-hybridized carbons (Fsp3) is 0.385. The van der Waals surface area contributed by atoms with E-state index in [-0.39, 0.29) is 17.7 Å². The molecule has 0 amide bonds. The van der Waals surface area contributed by atoms with Gasteiger partial charge >= 0.3 is 5.97 Å². The second-order valence-electron chi connectivity index (χ2n) is 4.57. The van der Waals surface area contributed by atoms with E-state index in [1.54, 1.807) is 18.2 Å². The number of carboxylic acids is 1. The van der Waals surface area contributed by atoms with Crippen molar-refractivity contribution in [2.24, 2.45) is 5.92 Å². The van der Waals surface area contributed by atoms with Gasteiger partial charge in [-0.3, -0.25) is 9.59 Å². The van der Waals surface area contributed by atoms with Crippen molar-refractivity contribution in [1.29, 1.82) is 0 Å². The number of ketones is 1. The molecule has 2 rings (SSSR count). The van der Waals surface area contributed by atoms with Crippen LogP contribution < -0.4 is 5.32 Å². The van der Waals surface area contributed by atoms with Crippen LogP contribution in [-0.2, 0) is 4.79 Å². The molecule has 1 aliphatic rings. The molecule has 5 heteroatoms. The summed E-state index contributed by atoms with van der Waals surface area (Å²) in [6.45, 7) is 1.47. The summed E-state index contributed by atoms with van der Waals surface area (Å²) in [5, 5.41) is 12.4. The Kier molecular flexibility index (Phi) is 3.57. The number of carbonyl (C=O) groups is 2. The predicted octanol–water partition coefficient (Wildman–Crippen LogP) is 2.82. The molecule has 2 N–H and O–H groups in total. The van der Waals surface area contributed by atoms with Crippen LogP contribution in [0.1, 0.15) is 30.1 Å². The Balaban J connectivity index is 2.09. The topological polar surface area (TPSA) is 66.4 Å². The molecule has 0 saturated heterocycles. The van der Waals surface area contributed by atoms with Crippen molar-refractivity contribution in [2.45, 2.75) is 25.8 Å². The third kappa shape index (κ3) is 2.48. The maximum atomic E-state index is 11.5. The summed E-state index contributed by atoms with van der Waals surface area (Å²) in [7, 11) is 0. The first-order valence-corrected chi connectivity index (χ1v) is 6.15. The third-order valence-corrected chi connectivity index (χ3v) is 3.53. The van der Waals surface area contributed by atoms with Gasteiger partial charge in [-0.25, -0.2) is 0 Å². The van der Waals surface area contributed by atoms with Gasteiger partial charge in [-0.2, -0.15) is 0 Å². The normalized spacial score (nSPS) is 22.1. The molecule has 4 nitrogen and oxygen atoms in total. The van der Waals surface area contributed by atoms with Gasteiger partial charge in [-0.15, -0.1) is 0 Å².